The highest BCUT2D eigenvalue weighted by Gasteiger charge is 1.94. The predicted molar refractivity (Wildman–Crippen MR) is 71.5 cm³/mol. The molecule has 0 heterocycles. The van der Waals surface area contributed by atoms with Crippen LogP contribution in [0.15, 0.2) is 29.3 Å². The summed E-state index contributed by atoms with van der Waals surface area (Å²) in [6.45, 7) is 6.11. The van der Waals surface area contributed by atoms with Gasteiger partial charge in [0.2, 0.25) is 0 Å². The maximum absolute atomic E-state index is 5.65. The zero-order chi connectivity index (χ0) is 12.5. The fourth-order valence-electron chi connectivity index (χ4n) is 1.34. The summed E-state index contributed by atoms with van der Waals surface area (Å²) in [7, 11) is 0. The Morgan fingerprint density at radius 3 is 3.00 bits per heavy atom. The molecule has 0 spiro atoms. The lowest BCUT2D eigenvalue weighted by Crippen LogP contribution is -2.34. The standard InChI is InChI=1S/C13H21N3O/c1-3-7-15-13(14)16-8-9-17-12-6-4-5-11(2)10-12/h4-6,10H,3,7-9H2,1-2H3,(H3,14,15,16). The molecule has 1 rings (SSSR count). The highest BCUT2D eigenvalue weighted by molar-refractivity contribution is 5.77. The van der Waals surface area contributed by atoms with Gasteiger partial charge in [0.1, 0.15) is 12.4 Å². The molecule has 1 aromatic carbocycles. The number of ether oxygens (including phenoxy) is 1. The normalized spacial score (nSPS) is 11.3. The maximum Gasteiger partial charge on any atom is 0.188 e. The summed E-state index contributed by atoms with van der Waals surface area (Å²) in [4.78, 5) is 4.13. The monoisotopic (exact) mass is 235 g/mol. The van der Waals surface area contributed by atoms with E-state index in [2.05, 4.69) is 17.2 Å². The molecule has 0 aromatic heterocycles. The van der Waals surface area contributed by atoms with Crippen molar-refractivity contribution in [2.45, 2.75) is 20.3 Å². The number of aryl methyl sites for hydroxylation is 1. The lowest BCUT2D eigenvalue weighted by Gasteiger charge is -2.08. The number of benzene rings is 1. The molecule has 94 valence electrons. The van der Waals surface area contributed by atoms with Crippen molar-refractivity contribution >= 4 is 5.96 Å². The predicted octanol–water partition coefficient (Wildman–Crippen LogP) is 1.69. The van der Waals surface area contributed by atoms with Gasteiger partial charge in [-0.25, -0.2) is 0 Å². The molecule has 0 aliphatic heterocycles. The van der Waals surface area contributed by atoms with E-state index in [-0.39, 0.29) is 0 Å². The molecule has 4 heteroatoms. The molecule has 0 saturated heterocycles. The molecule has 3 N–H and O–H groups in total. The van der Waals surface area contributed by atoms with Crippen molar-refractivity contribution in [2.75, 3.05) is 19.7 Å². The highest BCUT2D eigenvalue weighted by atomic mass is 16.5. The van der Waals surface area contributed by atoms with Crippen LogP contribution in [0.1, 0.15) is 18.9 Å². The molecule has 0 fully saturated rings. The van der Waals surface area contributed by atoms with Crippen molar-refractivity contribution in [3.05, 3.63) is 29.8 Å². The Labute approximate surface area is 103 Å². The number of aliphatic imine (C=N–C) groups is 1. The minimum absolute atomic E-state index is 0.486. The van der Waals surface area contributed by atoms with Gasteiger partial charge in [-0.2, -0.15) is 0 Å². The van der Waals surface area contributed by atoms with Crippen LogP contribution < -0.4 is 15.8 Å². The van der Waals surface area contributed by atoms with Gasteiger partial charge in [-0.1, -0.05) is 19.1 Å². The molecule has 4 nitrogen and oxygen atoms in total. The van der Waals surface area contributed by atoms with Crippen LogP contribution in [0.5, 0.6) is 5.75 Å². The average Bonchev–Trinajstić information content (AvgIpc) is 2.32. The number of hydrogen-bond acceptors (Lipinski definition) is 2. The Kier molecular flexibility index (Phi) is 5.93. The van der Waals surface area contributed by atoms with Crippen LogP contribution in [-0.2, 0) is 0 Å². The first-order valence-electron chi connectivity index (χ1n) is 5.95. The van der Waals surface area contributed by atoms with E-state index >= 15 is 0 Å². The average molecular weight is 235 g/mol. The zero-order valence-electron chi connectivity index (χ0n) is 10.6. The highest BCUT2D eigenvalue weighted by Crippen LogP contribution is 2.11. The van der Waals surface area contributed by atoms with Crippen molar-refractivity contribution in [3.8, 4) is 5.75 Å². The summed E-state index contributed by atoms with van der Waals surface area (Å²) in [5.41, 5.74) is 6.84. The first kappa shape index (κ1) is 13.4. The second-order valence-electron chi connectivity index (χ2n) is 3.86. The van der Waals surface area contributed by atoms with Crippen molar-refractivity contribution in [1.29, 1.82) is 0 Å². The van der Waals surface area contributed by atoms with E-state index in [1.807, 2.05) is 31.2 Å². The summed E-state index contributed by atoms with van der Waals surface area (Å²) >= 11 is 0. The van der Waals surface area contributed by atoms with E-state index in [0.717, 1.165) is 18.7 Å². The number of hydrogen-bond donors (Lipinski definition) is 2. The van der Waals surface area contributed by atoms with Gasteiger partial charge in [0.25, 0.3) is 0 Å². The fraction of sp³-hybridized carbons (Fsp3) is 0.462. The minimum Gasteiger partial charge on any atom is -0.492 e. The largest absolute Gasteiger partial charge is 0.492 e. The van der Waals surface area contributed by atoms with Crippen molar-refractivity contribution in [2.24, 2.45) is 10.7 Å². The van der Waals surface area contributed by atoms with Crippen LogP contribution in [0.25, 0.3) is 0 Å². The van der Waals surface area contributed by atoms with Gasteiger partial charge in [0.05, 0.1) is 6.54 Å². The summed E-state index contributed by atoms with van der Waals surface area (Å²) in [5, 5.41) is 3.01. The molecule has 17 heavy (non-hydrogen) atoms. The third-order valence-corrected chi connectivity index (χ3v) is 2.17. The molecule has 0 unspecified atom stereocenters. The van der Waals surface area contributed by atoms with E-state index in [0.29, 0.717) is 19.1 Å². The third-order valence-electron chi connectivity index (χ3n) is 2.17. The van der Waals surface area contributed by atoms with Gasteiger partial charge in [-0.15, -0.1) is 0 Å². The topological polar surface area (TPSA) is 59.6 Å². The SMILES string of the molecule is CCCN=C(N)NCCOc1cccc(C)c1. The van der Waals surface area contributed by atoms with Crippen LogP contribution in [-0.4, -0.2) is 25.7 Å². The van der Waals surface area contributed by atoms with Crippen LogP contribution in [0, 0.1) is 6.92 Å². The van der Waals surface area contributed by atoms with Crippen molar-refractivity contribution < 1.29 is 4.74 Å². The Morgan fingerprint density at radius 1 is 1.47 bits per heavy atom. The molecule has 0 aliphatic rings. The Hall–Kier alpha value is -1.71. The second kappa shape index (κ2) is 7.54. The van der Waals surface area contributed by atoms with E-state index < -0.39 is 0 Å². The van der Waals surface area contributed by atoms with Crippen LogP contribution in [0.2, 0.25) is 0 Å². The van der Waals surface area contributed by atoms with E-state index in [9.17, 15) is 0 Å². The summed E-state index contributed by atoms with van der Waals surface area (Å²) in [5.74, 6) is 1.37. The van der Waals surface area contributed by atoms with Gasteiger partial charge in [0.15, 0.2) is 5.96 Å². The maximum atomic E-state index is 5.65. The first-order valence-corrected chi connectivity index (χ1v) is 5.95. The summed E-state index contributed by atoms with van der Waals surface area (Å²) in [6.07, 6.45) is 1.00. The number of nitrogens with two attached hydrogens (primary N) is 1. The Balaban J connectivity index is 2.20. The molecule has 0 radical (unpaired) electrons. The third kappa shape index (κ3) is 5.80. The molecule has 1 aromatic rings. The Bertz CT molecular complexity index is 363. The smallest absolute Gasteiger partial charge is 0.188 e. The fourth-order valence-corrected chi connectivity index (χ4v) is 1.34. The lowest BCUT2D eigenvalue weighted by molar-refractivity contribution is 0.322. The second-order valence-corrected chi connectivity index (χ2v) is 3.86. The van der Waals surface area contributed by atoms with Gasteiger partial charge in [0, 0.05) is 6.54 Å². The van der Waals surface area contributed by atoms with Crippen molar-refractivity contribution in [1.82, 2.24) is 5.32 Å². The van der Waals surface area contributed by atoms with Crippen LogP contribution in [0.4, 0.5) is 0 Å². The molecule has 0 atom stereocenters. The minimum atomic E-state index is 0.486. The van der Waals surface area contributed by atoms with Crippen LogP contribution in [0.3, 0.4) is 0 Å². The first-order chi connectivity index (χ1) is 8.22. The van der Waals surface area contributed by atoms with Crippen molar-refractivity contribution in [3.63, 3.8) is 0 Å². The van der Waals surface area contributed by atoms with Gasteiger partial charge in [-0.3, -0.25) is 4.99 Å². The summed E-state index contributed by atoms with van der Waals surface area (Å²) < 4.78 is 5.57. The molecular weight excluding hydrogens is 214 g/mol. The quantitative estimate of drug-likeness (QED) is 0.448. The van der Waals surface area contributed by atoms with Gasteiger partial charge < -0.3 is 15.8 Å². The number of guanidine groups is 1. The number of rotatable bonds is 6. The van der Waals surface area contributed by atoms with E-state index in [1.54, 1.807) is 0 Å². The molecule has 0 amide bonds. The summed E-state index contributed by atoms with van der Waals surface area (Å²) in [6, 6.07) is 7.98. The molecule has 0 aliphatic carbocycles. The van der Waals surface area contributed by atoms with Crippen LogP contribution >= 0.6 is 0 Å². The lowest BCUT2D eigenvalue weighted by atomic mass is 10.2. The molecular formula is C13H21N3O. The molecule has 0 bridgehead atoms. The Morgan fingerprint density at radius 2 is 2.29 bits per heavy atom. The van der Waals surface area contributed by atoms with Gasteiger partial charge >= 0.3 is 0 Å². The number of nitrogens with one attached hydrogen (secondary N) is 1. The number of nitrogens with zero attached hydrogens (tertiary/aromatic N) is 1. The van der Waals surface area contributed by atoms with E-state index in [1.165, 1.54) is 5.56 Å². The van der Waals surface area contributed by atoms with Gasteiger partial charge in [-0.05, 0) is 31.0 Å². The zero-order valence-corrected chi connectivity index (χ0v) is 10.6. The molecule has 0 saturated carbocycles. The van der Waals surface area contributed by atoms with E-state index in [4.69, 9.17) is 10.5 Å².